The van der Waals surface area contributed by atoms with Crippen LogP contribution in [0.2, 0.25) is 5.02 Å². The van der Waals surface area contributed by atoms with Gasteiger partial charge >= 0.3 is 0 Å². The number of methoxy groups -OCH3 is 2. The quantitative estimate of drug-likeness (QED) is 0.334. The number of ketones is 1. The third-order valence-corrected chi connectivity index (χ3v) is 6.99. The molecular weight excluding hydrogens is 546 g/mol. The van der Waals surface area contributed by atoms with Gasteiger partial charge in [0.05, 0.1) is 38.2 Å². The van der Waals surface area contributed by atoms with Gasteiger partial charge in [0.1, 0.15) is 5.75 Å². The number of rotatable bonds is 8. The van der Waals surface area contributed by atoms with Gasteiger partial charge in [-0.3, -0.25) is 24.7 Å². The number of carbonyl (C=O) groups is 3. The highest BCUT2D eigenvalue weighted by Gasteiger charge is 2.36. The van der Waals surface area contributed by atoms with Gasteiger partial charge in [0, 0.05) is 41.9 Å². The monoisotopic (exact) mass is 571 g/mol. The number of hydrogen-bond acceptors (Lipinski definition) is 8. The van der Waals surface area contributed by atoms with Crippen LogP contribution in [-0.4, -0.2) is 57.7 Å². The van der Waals surface area contributed by atoms with Crippen LogP contribution in [-0.2, 0) is 24.2 Å². The minimum Gasteiger partial charge on any atom is -0.496 e. The maximum atomic E-state index is 13.9. The van der Waals surface area contributed by atoms with Crippen molar-refractivity contribution in [2.75, 3.05) is 19.5 Å². The van der Waals surface area contributed by atoms with Gasteiger partial charge in [-0.1, -0.05) is 23.7 Å². The average molecular weight is 572 g/mol. The zero-order valence-corrected chi connectivity index (χ0v) is 23.1. The van der Waals surface area contributed by atoms with E-state index < -0.39 is 11.9 Å². The lowest BCUT2D eigenvalue weighted by Crippen LogP contribution is -2.45. The van der Waals surface area contributed by atoms with E-state index in [1.165, 1.54) is 26.6 Å². The normalized spacial score (nSPS) is 14.7. The number of aromatic nitrogens is 3. The van der Waals surface area contributed by atoms with Gasteiger partial charge in [0.25, 0.3) is 11.8 Å². The number of hydrogen-bond donors (Lipinski definition) is 1. The van der Waals surface area contributed by atoms with Crippen LogP contribution in [0.5, 0.6) is 11.5 Å². The van der Waals surface area contributed by atoms with Crippen molar-refractivity contribution in [1.82, 2.24) is 19.9 Å². The molecule has 10 nitrogen and oxygen atoms in total. The number of halogens is 1. The van der Waals surface area contributed by atoms with Crippen LogP contribution in [0.1, 0.15) is 37.5 Å². The van der Waals surface area contributed by atoms with Crippen LogP contribution < -0.4 is 14.8 Å². The van der Waals surface area contributed by atoms with E-state index in [9.17, 15) is 14.4 Å². The molecule has 0 radical (unpaired) electrons. The highest BCUT2D eigenvalue weighted by Crippen LogP contribution is 2.28. The Hall–Kier alpha value is -4.83. The second-order valence-electron chi connectivity index (χ2n) is 9.35. The third kappa shape index (κ3) is 6.17. The first kappa shape index (κ1) is 27.7. The van der Waals surface area contributed by atoms with E-state index in [1.54, 1.807) is 53.6 Å². The number of carbonyl (C=O) groups excluding carboxylic acids is 3. The lowest BCUT2D eigenvalue weighted by atomic mass is 9.99. The molecule has 11 heteroatoms. The molecule has 0 bridgehead atoms. The van der Waals surface area contributed by atoms with Crippen LogP contribution in [0, 0.1) is 0 Å². The Balaban J connectivity index is 1.45. The molecule has 208 valence electrons. The Morgan fingerprint density at radius 3 is 2.54 bits per heavy atom. The average Bonchev–Trinajstić information content (AvgIpc) is 3.07. The Morgan fingerprint density at radius 2 is 1.83 bits per heavy atom. The second kappa shape index (κ2) is 12.1. The lowest BCUT2D eigenvalue weighted by Gasteiger charge is -2.29. The molecule has 2 aromatic carbocycles. The number of Topliss-reactive ketones (excluding diaryl/α,β-unsaturated/α-hetero) is 1. The van der Waals surface area contributed by atoms with E-state index in [0.717, 1.165) is 0 Å². The molecular formula is C30H26ClN5O5. The third-order valence-electron chi connectivity index (χ3n) is 6.75. The van der Waals surface area contributed by atoms with Crippen LogP contribution in [0.3, 0.4) is 0 Å². The molecule has 0 unspecified atom stereocenters. The SMILES string of the molecule is COc1cnc(NC(=O)c2ccc(CN3C(=O)c4ccc(Cl)cc4CC(=O)[C@H]3Cc3ccccn3)cc2OC)nc1. The second-order valence-corrected chi connectivity index (χ2v) is 9.79. The maximum absolute atomic E-state index is 13.9. The molecule has 1 aliphatic heterocycles. The molecule has 4 aromatic rings. The summed E-state index contributed by atoms with van der Waals surface area (Å²) in [5.41, 5.74) is 2.63. The molecule has 0 fully saturated rings. The zero-order valence-electron chi connectivity index (χ0n) is 22.3. The Kier molecular flexibility index (Phi) is 8.21. The summed E-state index contributed by atoms with van der Waals surface area (Å²) < 4.78 is 10.6. The molecule has 1 atom stereocenters. The van der Waals surface area contributed by atoms with E-state index >= 15 is 0 Å². The van der Waals surface area contributed by atoms with Gasteiger partial charge in [-0.05, 0) is 53.6 Å². The van der Waals surface area contributed by atoms with Gasteiger partial charge in [0.2, 0.25) is 5.95 Å². The van der Waals surface area contributed by atoms with Crippen molar-refractivity contribution < 1.29 is 23.9 Å². The number of amides is 2. The molecule has 0 aliphatic carbocycles. The molecule has 0 spiro atoms. The standard InChI is InChI=1S/C30H26ClN5O5/c1-40-22-15-33-30(34-16-22)35-28(38)24-8-6-18(11-27(24)41-2)17-36-25(14-21-5-3-4-10-32-21)26(37)13-19-12-20(31)7-9-23(19)29(36)39/h3-12,15-16,25H,13-14,17H2,1-2H3,(H,33,34,35,38)/t25-/m1/s1. The molecule has 0 saturated carbocycles. The Bertz CT molecular complexity index is 1600. The lowest BCUT2D eigenvalue weighted by molar-refractivity contribution is -0.122. The van der Waals surface area contributed by atoms with E-state index in [4.69, 9.17) is 21.1 Å². The van der Waals surface area contributed by atoms with Crippen molar-refractivity contribution in [3.63, 3.8) is 0 Å². The number of benzene rings is 2. The van der Waals surface area contributed by atoms with Gasteiger partial charge in [-0.15, -0.1) is 0 Å². The smallest absolute Gasteiger partial charge is 0.261 e. The summed E-state index contributed by atoms with van der Waals surface area (Å²) in [7, 11) is 2.94. The van der Waals surface area contributed by atoms with Gasteiger partial charge in [-0.25, -0.2) is 9.97 Å². The minimum atomic E-state index is -0.759. The molecule has 1 aliphatic rings. The predicted molar refractivity (Wildman–Crippen MR) is 151 cm³/mol. The highest BCUT2D eigenvalue weighted by molar-refractivity contribution is 6.30. The van der Waals surface area contributed by atoms with Crippen LogP contribution in [0.4, 0.5) is 5.95 Å². The zero-order chi connectivity index (χ0) is 28.9. The topological polar surface area (TPSA) is 124 Å². The molecule has 2 aromatic heterocycles. The van der Waals surface area contributed by atoms with Crippen molar-refractivity contribution in [2.24, 2.45) is 0 Å². The summed E-state index contributed by atoms with van der Waals surface area (Å²) in [4.78, 5) is 54.5. The van der Waals surface area contributed by atoms with Gasteiger partial charge < -0.3 is 14.4 Å². The Labute approximate surface area is 241 Å². The fraction of sp³-hybridized carbons (Fsp3) is 0.200. The summed E-state index contributed by atoms with van der Waals surface area (Å²) in [5, 5.41) is 3.09. The summed E-state index contributed by atoms with van der Waals surface area (Å²) in [6.07, 6.45) is 4.87. The minimum absolute atomic E-state index is 0.0749. The van der Waals surface area contributed by atoms with E-state index in [2.05, 4.69) is 20.3 Å². The van der Waals surface area contributed by atoms with E-state index in [0.29, 0.717) is 33.2 Å². The number of pyridine rings is 1. The van der Waals surface area contributed by atoms with Crippen molar-refractivity contribution in [1.29, 1.82) is 0 Å². The van der Waals surface area contributed by atoms with E-state index in [1.807, 2.05) is 12.1 Å². The molecule has 3 heterocycles. The van der Waals surface area contributed by atoms with Crippen molar-refractivity contribution in [3.05, 3.63) is 106 Å². The number of ether oxygens (including phenoxy) is 2. The van der Waals surface area contributed by atoms with Crippen molar-refractivity contribution in [2.45, 2.75) is 25.4 Å². The number of fused-ring (bicyclic) bond motifs is 1. The fourth-order valence-electron chi connectivity index (χ4n) is 4.69. The van der Waals surface area contributed by atoms with Crippen molar-refractivity contribution in [3.8, 4) is 11.5 Å². The summed E-state index contributed by atoms with van der Waals surface area (Å²) in [5.74, 6) is -0.0346. The van der Waals surface area contributed by atoms with Crippen LogP contribution in [0.15, 0.2) is 73.2 Å². The summed E-state index contributed by atoms with van der Waals surface area (Å²) in [6.45, 7) is 0.101. The summed E-state index contributed by atoms with van der Waals surface area (Å²) >= 11 is 6.19. The first-order valence-electron chi connectivity index (χ1n) is 12.7. The van der Waals surface area contributed by atoms with Gasteiger partial charge in [0.15, 0.2) is 11.5 Å². The number of anilines is 1. The van der Waals surface area contributed by atoms with Crippen LogP contribution in [0.25, 0.3) is 0 Å². The number of nitrogens with zero attached hydrogens (tertiary/aromatic N) is 4. The van der Waals surface area contributed by atoms with Gasteiger partial charge in [-0.2, -0.15) is 0 Å². The molecule has 41 heavy (non-hydrogen) atoms. The van der Waals surface area contributed by atoms with Crippen LogP contribution >= 0.6 is 11.6 Å². The maximum Gasteiger partial charge on any atom is 0.261 e. The molecule has 2 amide bonds. The predicted octanol–water partition coefficient (Wildman–Crippen LogP) is 4.17. The summed E-state index contributed by atoms with van der Waals surface area (Å²) in [6, 6.07) is 14.7. The highest BCUT2D eigenvalue weighted by atomic mass is 35.5. The molecule has 0 saturated heterocycles. The number of nitrogens with one attached hydrogen (secondary N) is 1. The molecule has 5 rings (SSSR count). The fourth-order valence-corrected chi connectivity index (χ4v) is 4.88. The van der Waals surface area contributed by atoms with Crippen molar-refractivity contribution >= 4 is 35.1 Å². The first-order valence-corrected chi connectivity index (χ1v) is 13.1. The largest absolute Gasteiger partial charge is 0.496 e. The van der Waals surface area contributed by atoms with E-state index in [-0.39, 0.29) is 48.3 Å². The molecule has 1 N–H and O–H groups in total. The Morgan fingerprint density at radius 1 is 1.02 bits per heavy atom. The first-order chi connectivity index (χ1) is 19.9.